The van der Waals surface area contributed by atoms with Crippen LogP contribution in [-0.2, 0) is 10.2 Å². The van der Waals surface area contributed by atoms with Crippen molar-refractivity contribution in [3.8, 4) is 0 Å². The van der Waals surface area contributed by atoms with Crippen LogP contribution in [0.2, 0.25) is 5.02 Å². The number of hydrogen-bond donors (Lipinski definition) is 0. The van der Waals surface area contributed by atoms with Gasteiger partial charge in [-0.1, -0.05) is 24.4 Å². The van der Waals surface area contributed by atoms with Crippen molar-refractivity contribution in [2.75, 3.05) is 32.1 Å². The van der Waals surface area contributed by atoms with Crippen molar-refractivity contribution < 1.29 is 4.79 Å². The molecule has 0 saturated heterocycles. The van der Waals surface area contributed by atoms with E-state index in [0.717, 1.165) is 55.9 Å². The molecule has 1 aliphatic heterocycles. The zero-order valence-electron chi connectivity index (χ0n) is 12.9. The highest BCUT2D eigenvalue weighted by atomic mass is 35.5. The molecule has 0 bridgehead atoms. The number of anilines is 1. The molecule has 1 amide bonds. The second-order valence-corrected chi connectivity index (χ2v) is 7.00. The van der Waals surface area contributed by atoms with Crippen LogP contribution in [0.15, 0.2) is 18.2 Å². The predicted molar refractivity (Wildman–Crippen MR) is 87.1 cm³/mol. The third kappa shape index (κ3) is 2.47. The Balaban J connectivity index is 1.91. The first-order valence-electron chi connectivity index (χ1n) is 7.81. The van der Waals surface area contributed by atoms with E-state index in [1.54, 1.807) is 0 Å². The van der Waals surface area contributed by atoms with Gasteiger partial charge in [0.15, 0.2) is 0 Å². The molecular weight excluding hydrogens is 284 g/mol. The highest BCUT2D eigenvalue weighted by Crippen LogP contribution is 2.51. The molecule has 1 fully saturated rings. The summed E-state index contributed by atoms with van der Waals surface area (Å²) in [7, 11) is 4.13. The number of hydrogen-bond acceptors (Lipinski definition) is 2. The van der Waals surface area contributed by atoms with E-state index < -0.39 is 0 Å². The number of nitrogens with zero attached hydrogens (tertiary/aromatic N) is 2. The lowest BCUT2D eigenvalue weighted by molar-refractivity contribution is -0.123. The van der Waals surface area contributed by atoms with Crippen LogP contribution in [0.25, 0.3) is 0 Å². The van der Waals surface area contributed by atoms with E-state index in [1.165, 1.54) is 5.56 Å². The van der Waals surface area contributed by atoms with Crippen LogP contribution in [0.3, 0.4) is 0 Å². The van der Waals surface area contributed by atoms with Gasteiger partial charge in [-0.15, -0.1) is 0 Å². The van der Waals surface area contributed by atoms with Gasteiger partial charge in [0.1, 0.15) is 0 Å². The van der Waals surface area contributed by atoms with Gasteiger partial charge in [0.05, 0.1) is 5.41 Å². The fraction of sp³-hybridized carbons (Fsp3) is 0.588. The molecule has 4 heteroatoms. The fourth-order valence-electron chi connectivity index (χ4n) is 3.84. The molecule has 0 radical (unpaired) electrons. The van der Waals surface area contributed by atoms with Crippen LogP contribution in [0.5, 0.6) is 0 Å². The minimum absolute atomic E-state index is 0.279. The molecule has 114 valence electrons. The number of carbonyl (C=O) groups is 1. The average Bonchev–Trinajstić information content (AvgIpc) is 3.00. The van der Waals surface area contributed by atoms with Crippen molar-refractivity contribution >= 4 is 23.2 Å². The van der Waals surface area contributed by atoms with Crippen molar-refractivity contribution in [1.82, 2.24) is 4.90 Å². The molecule has 1 saturated carbocycles. The summed E-state index contributed by atoms with van der Waals surface area (Å²) in [6, 6.07) is 5.95. The number of halogens is 1. The zero-order chi connectivity index (χ0) is 15.0. The standard InChI is InChI=1S/C17H23ClN2O/c1-19(2)10-5-11-20-15-7-6-13(18)12-14(15)17(16(20)21)8-3-4-9-17/h6-7,12H,3-5,8-11H2,1-2H3. The summed E-state index contributed by atoms with van der Waals surface area (Å²) in [5.41, 5.74) is 1.98. The molecule has 1 aromatic rings. The van der Waals surface area contributed by atoms with Gasteiger partial charge in [-0.2, -0.15) is 0 Å². The van der Waals surface area contributed by atoms with Crippen LogP contribution >= 0.6 is 11.6 Å². The number of fused-ring (bicyclic) bond motifs is 2. The van der Waals surface area contributed by atoms with E-state index in [-0.39, 0.29) is 5.41 Å². The van der Waals surface area contributed by atoms with E-state index in [9.17, 15) is 4.79 Å². The quantitative estimate of drug-likeness (QED) is 0.850. The Morgan fingerprint density at radius 2 is 2.00 bits per heavy atom. The SMILES string of the molecule is CN(C)CCCN1C(=O)C2(CCCC2)c2cc(Cl)ccc21. The van der Waals surface area contributed by atoms with Gasteiger partial charge in [-0.25, -0.2) is 0 Å². The van der Waals surface area contributed by atoms with Crippen molar-refractivity contribution in [1.29, 1.82) is 0 Å². The van der Waals surface area contributed by atoms with E-state index in [1.807, 2.05) is 23.1 Å². The molecule has 1 heterocycles. The highest BCUT2D eigenvalue weighted by molar-refractivity contribution is 6.31. The number of amides is 1. The van der Waals surface area contributed by atoms with Crippen molar-refractivity contribution in [3.63, 3.8) is 0 Å². The van der Waals surface area contributed by atoms with Crippen molar-refractivity contribution in [3.05, 3.63) is 28.8 Å². The first-order chi connectivity index (χ1) is 10.0. The van der Waals surface area contributed by atoms with Gasteiger partial charge in [0.25, 0.3) is 0 Å². The summed E-state index contributed by atoms with van der Waals surface area (Å²) < 4.78 is 0. The summed E-state index contributed by atoms with van der Waals surface area (Å²) in [6.45, 7) is 1.80. The Kier molecular flexibility index (Phi) is 3.98. The Morgan fingerprint density at radius 1 is 1.29 bits per heavy atom. The molecule has 3 rings (SSSR count). The minimum Gasteiger partial charge on any atom is -0.311 e. The maximum Gasteiger partial charge on any atom is 0.237 e. The van der Waals surface area contributed by atoms with Crippen LogP contribution in [0.1, 0.15) is 37.7 Å². The third-order valence-electron chi connectivity index (χ3n) is 4.86. The fourth-order valence-corrected chi connectivity index (χ4v) is 4.01. The lowest BCUT2D eigenvalue weighted by atomic mass is 9.80. The molecule has 1 aliphatic carbocycles. The molecule has 1 spiro atoms. The molecule has 0 unspecified atom stereocenters. The van der Waals surface area contributed by atoms with E-state index in [2.05, 4.69) is 19.0 Å². The van der Waals surface area contributed by atoms with E-state index >= 15 is 0 Å². The van der Waals surface area contributed by atoms with Crippen LogP contribution in [-0.4, -0.2) is 38.0 Å². The summed E-state index contributed by atoms with van der Waals surface area (Å²) in [5, 5.41) is 0.739. The maximum absolute atomic E-state index is 13.0. The lowest BCUT2D eigenvalue weighted by Crippen LogP contribution is -2.39. The first kappa shape index (κ1) is 14.9. The largest absolute Gasteiger partial charge is 0.311 e. The van der Waals surface area contributed by atoms with Crippen LogP contribution in [0.4, 0.5) is 5.69 Å². The molecular formula is C17H23ClN2O. The second-order valence-electron chi connectivity index (χ2n) is 6.56. The second kappa shape index (κ2) is 5.62. The number of rotatable bonds is 4. The van der Waals surface area contributed by atoms with E-state index in [0.29, 0.717) is 5.91 Å². The van der Waals surface area contributed by atoms with Gasteiger partial charge < -0.3 is 9.80 Å². The van der Waals surface area contributed by atoms with Crippen LogP contribution in [0, 0.1) is 0 Å². The van der Waals surface area contributed by atoms with E-state index in [4.69, 9.17) is 11.6 Å². The Hall–Kier alpha value is -1.06. The monoisotopic (exact) mass is 306 g/mol. The first-order valence-corrected chi connectivity index (χ1v) is 8.19. The van der Waals surface area contributed by atoms with Crippen molar-refractivity contribution in [2.45, 2.75) is 37.5 Å². The Bertz CT molecular complexity index is 550. The van der Waals surface area contributed by atoms with Gasteiger partial charge in [-0.05, 0) is 63.7 Å². The highest BCUT2D eigenvalue weighted by Gasteiger charge is 2.51. The van der Waals surface area contributed by atoms with Crippen molar-refractivity contribution in [2.24, 2.45) is 0 Å². The average molecular weight is 307 g/mol. The maximum atomic E-state index is 13.0. The topological polar surface area (TPSA) is 23.6 Å². The Morgan fingerprint density at radius 3 is 2.67 bits per heavy atom. The third-order valence-corrected chi connectivity index (χ3v) is 5.10. The normalized spacial score (nSPS) is 19.8. The summed E-state index contributed by atoms with van der Waals surface area (Å²) in [5.74, 6) is 0.302. The van der Waals surface area contributed by atoms with Gasteiger partial charge in [0.2, 0.25) is 5.91 Å². The van der Waals surface area contributed by atoms with Gasteiger partial charge >= 0.3 is 0 Å². The molecule has 2 aliphatic rings. The molecule has 0 N–H and O–H groups in total. The zero-order valence-corrected chi connectivity index (χ0v) is 13.6. The smallest absolute Gasteiger partial charge is 0.237 e. The predicted octanol–water partition coefficient (Wildman–Crippen LogP) is 3.45. The molecule has 1 aromatic carbocycles. The molecule has 0 aromatic heterocycles. The number of carbonyl (C=O) groups excluding carboxylic acids is 1. The molecule has 21 heavy (non-hydrogen) atoms. The van der Waals surface area contributed by atoms with Gasteiger partial charge in [-0.3, -0.25) is 4.79 Å². The number of benzene rings is 1. The van der Waals surface area contributed by atoms with Crippen LogP contribution < -0.4 is 4.90 Å². The minimum atomic E-state index is -0.279. The van der Waals surface area contributed by atoms with Gasteiger partial charge in [0, 0.05) is 17.3 Å². The summed E-state index contributed by atoms with van der Waals surface area (Å²) in [4.78, 5) is 17.2. The lowest BCUT2D eigenvalue weighted by Gasteiger charge is -2.24. The molecule has 0 atom stereocenters. The summed E-state index contributed by atoms with van der Waals surface area (Å²) in [6.07, 6.45) is 5.23. The molecule has 3 nitrogen and oxygen atoms in total. The summed E-state index contributed by atoms with van der Waals surface area (Å²) >= 11 is 6.19. The Labute approximate surface area is 131 Å².